The highest BCUT2D eigenvalue weighted by atomic mass is 79.9. The molecule has 3 nitrogen and oxygen atoms in total. The van der Waals surface area contributed by atoms with Gasteiger partial charge in [0.1, 0.15) is 5.82 Å². The predicted molar refractivity (Wildman–Crippen MR) is 84.6 cm³/mol. The van der Waals surface area contributed by atoms with Crippen LogP contribution in [0.25, 0.3) is 10.2 Å². The number of pyridine rings is 1. The van der Waals surface area contributed by atoms with Crippen LogP contribution in [0.15, 0.2) is 34.9 Å². The number of rotatable bonds is 2. The molecule has 2 aromatic heterocycles. The van der Waals surface area contributed by atoms with Crippen LogP contribution >= 0.6 is 38.9 Å². The molecule has 0 aliphatic heterocycles. The number of aromatic nitrogens is 2. The third-order valence-corrected chi connectivity index (χ3v) is 4.33. The van der Waals surface area contributed by atoms with Gasteiger partial charge in [-0.3, -0.25) is 0 Å². The fourth-order valence-electron chi connectivity index (χ4n) is 1.68. The Morgan fingerprint density at radius 1 is 1.32 bits per heavy atom. The molecule has 0 fully saturated rings. The molecular formula is C13H9BrClN3S. The predicted octanol–water partition coefficient (Wildman–Crippen LogP) is 5.16. The van der Waals surface area contributed by atoms with Crippen molar-refractivity contribution < 1.29 is 0 Å². The summed E-state index contributed by atoms with van der Waals surface area (Å²) in [5.74, 6) is 0.760. The number of halogens is 2. The summed E-state index contributed by atoms with van der Waals surface area (Å²) < 4.78 is 1.98. The van der Waals surface area contributed by atoms with Crippen LogP contribution in [-0.4, -0.2) is 9.97 Å². The van der Waals surface area contributed by atoms with Crippen LogP contribution in [-0.2, 0) is 0 Å². The van der Waals surface area contributed by atoms with Crippen molar-refractivity contribution in [2.24, 2.45) is 0 Å². The van der Waals surface area contributed by atoms with Gasteiger partial charge in [0.05, 0.1) is 14.7 Å². The van der Waals surface area contributed by atoms with Crippen LogP contribution in [0.5, 0.6) is 0 Å². The largest absolute Gasteiger partial charge is 0.315 e. The molecule has 0 aliphatic rings. The molecule has 3 rings (SSSR count). The van der Waals surface area contributed by atoms with Crippen LogP contribution in [0.4, 0.5) is 10.9 Å². The van der Waals surface area contributed by atoms with E-state index in [1.807, 2.05) is 37.4 Å². The molecular weight excluding hydrogens is 346 g/mol. The lowest BCUT2D eigenvalue weighted by molar-refractivity contribution is 1.24. The van der Waals surface area contributed by atoms with Gasteiger partial charge in [-0.15, -0.1) is 0 Å². The van der Waals surface area contributed by atoms with Gasteiger partial charge in [-0.2, -0.15) is 0 Å². The van der Waals surface area contributed by atoms with Crippen molar-refractivity contribution in [2.45, 2.75) is 6.92 Å². The fourth-order valence-corrected chi connectivity index (χ4v) is 3.38. The lowest BCUT2D eigenvalue weighted by Crippen LogP contribution is -1.94. The third kappa shape index (κ3) is 2.73. The minimum atomic E-state index is 0.720. The van der Waals surface area contributed by atoms with E-state index in [9.17, 15) is 0 Å². The van der Waals surface area contributed by atoms with Crippen LogP contribution in [0.1, 0.15) is 5.56 Å². The number of benzene rings is 1. The molecule has 19 heavy (non-hydrogen) atoms. The Kier molecular flexibility index (Phi) is 3.43. The number of nitrogens with zero attached hydrogens (tertiary/aromatic N) is 2. The normalized spacial score (nSPS) is 10.9. The second kappa shape index (κ2) is 5.07. The van der Waals surface area contributed by atoms with E-state index in [1.54, 1.807) is 11.3 Å². The number of hydrogen-bond acceptors (Lipinski definition) is 4. The van der Waals surface area contributed by atoms with E-state index in [0.29, 0.717) is 0 Å². The summed E-state index contributed by atoms with van der Waals surface area (Å²) in [5, 5.41) is 4.73. The molecule has 1 N–H and O–H groups in total. The maximum atomic E-state index is 5.97. The Hall–Kier alpha value is -1.17. The number of hydrogen-bond donors (Lipinski definition) is 1. The molecule has 1 aromatic carbocycles. The average Bonchev–Trinajstić information content (AvgIpc) is 2.74. The Morgan fingerprint density at radius 3 is 2.95 bits per heavy atom. The molecule has 0 spiro atoms. The van der Waals surface area contributed by atoms with Gasteiger partial charge in [0.25, 0.3) is 0 Å². The van der Waals surface area contributed by atoms with Crippen LogP contribution in [0.3, 0.4) is 0 Å². The maximum absolute atomic E-state index is 5.97. The molecule has 6 heteroatoms. The van der Waals surface area contributed by atoms with Crippen molar-refractivity contribution in [2.75, 3.05) is 5.32 Å². The van der Waals surface area contributed by atoms with Gasteiger partial charge in [0, 0.05) is 11.2 Å². The van der Waals surface area contributed by atoms with Crippen molar-refractivity contribution in [1.29, 1.82) is 0 Å². The Balaban J connectivity index is 1.96. The monoisotopic (exact) mass is 353 g/mol. The summed E-state index contributed by atoms with van der Waals surface area (Å²) in [6.07, 6.45) is 1.82. The smallest absolute Gasteiger partial charge is 0.189 e. The lowest BCUT2D eigenvalue weighted by Gasteiger charge is -2.04. The minimum absolute atomic E-state index is 0.720. The number of thiazole rings is 1. The van der Waals surface area contributed by atoms with Gasteiger partial charge in [0.2, 0.25) is 0 Å². The highest BCUT2D eigenvalue weighted by Gasteiger charge is 2.07. The zero-order chi connectivity index (χ0) is 13.4. The first-order valence-electron chi connectivity index (χ1n) is 5.57. The standard InChI is InChI=1S/C13H9BrClN3S/c1-7-4-9(14)12(16-6-7)18-13-17-10-3-2-8(15)5-11(10)19-13/h2-6H,1H3,(H,16,17,18). The molecule has 0 saturated heterocycles. The number of nitrogens with one attached hydrogen (secondary N) is 1. The SMILES string of the molecule is Cc1cnc(Nc2nc3ccc(Cl)cc3s2)c(Br)c1. The van der Waals surface area contributed by atoms with Crippen LogP contribution < -0.4 is 5.32 Å². The van der Waals surface area contributed by atoms with Crippen molar-refractivity contribution >= 4 is 60.0 Å². The lowest BCUT2D eigenvalue weighted by atomic mass is 10.3. The van der Waals surface area contributed by atoms with Crippen LogP contribution in [0.2, 0.25) is 5.02 Å². The maximum Gasteiger partial charge on any atom is 0.189 e. The van der Waals surface area contributed by atoms with E-state index < -0.39 is 0 Å². The van der Waals surface area contributed by atoms with Gasteiger partial charge >= 0.3 is 0 Å². The number of aryl methyl sites for hydroxylation is 1. The third-order valence-electron chi connectivity index (χ3n) is 2.55. The van der Waals surface area contributed by atoms with Crippen molar-refractivity contribution in [3.8, 4) is 0 Å². The van der Waals surface area contributed by atoms with Crippen molar-refractivity contribution in [3.05, 3.63) is 45.5 Å². The summed E-state index contributed by atoms with van der Waals surface area (Å²) in [4.78, 5) is 8.84. The molecule has 2 heterocycles. The Labute approximate surface area is 127 Å². The molecule has 0 saturated carbocycles. The minimum Gasteiger partial charge on any atom is -0.315 e. The molecule has 0 radical (unpaired) electrons. The first kappa shape index (κ1) is 12.8. The van der Waals surface area contributed by atoms with Crippen LogP contribution in [0, 0.1) is 6.92 Å². The summed E-state index contributed by atoms with van der Waals surface area (Å²) in [5.41, 5.74) is 2.04. The van der Waals surface area contributed by atoms with E-state index >= 15 is 0 Å². The van der Waals surface area contributed by atoms with Gasteiger partial charge in [-0.25, -0.2) is 9.97 Å². The van der Waals surface area contributed by atoms with Gasteiger partial charge < -0.3 is 5.32 Å². The zero-order valence-electron chi connectivity index (χ0n) is 9.95. The number of fused-ring (bicyclic) bond motifs is 1. The second-order valence-electron chi connectivity index (χ2n) is 4.10. The van der Waals surface area contributed by atoms with E-state index in [4.69, 9.17) is 11.6 Å². The van der Waals surface area contributed by atoms with Crippen molar-refractivity contribution in [1.82, 2.24) is 9.97 Å². The average molecular weight is 355 g/mol. The van der Waals surface area contributed by atoms with Crippen molar-refractivity contribution in [3.63, 3.8) is 0 Å². The highest BCUT2D eigenvalue weighted by Crippen LogP contribution is 2.31. The molecule has 0 amide bonds. The molecule has 0 bridgehead atoms. The van der Waals surface area contributed by atoms with Gasteiger partial charge in [0.15, 0.2) is 5.13 Å². The highest BCUT2D eigenvalue weighted by molar-refractivity contribution is 9.10. The Morgan fingerprint density at radius 2 is 2.16 bits per heavy atom. The summed E-state index contributed by atoms with van der Waals surface area (Å²) in [6.45, 7) is 2.00. The van der Waals surface area contributed by atoms with E-state index in [2.05, 4.69) is 31.2 Å². The van der Waals surface area contributed by atoms with E-state index in [-0.39, 0.29) is 0 Å². The first-order valence-corrected chi connectivity index (χ1v) is 7.56. The van der Waals surface area contributed by atoms with Gasteiger partial charge in [-0.05, 0) is 52.7 Å². The topological polar surface area (TPSA) is 37.8 Å². The molecule has 3 aromatic rings. The summed E-state index contributed by atoms with van der Waals surface area (Å²) >= 11 is 11.0. The molecule has 0 unspecified atom stereocenters. The zero-order valence-corrected chi connectivity index (χ0v) is 13.1. The summed E-state index contributed by atoms with van der Waals surface area (Å²) in [6, 6.07) is 7.68. The van der Waals surface area contributed by atoms with E-state index in [1.165, 1.54) is 0 Å². The van der Waals surface area contributed by atoms with E-state index in [0.717, 1.165) is 36.2 Å². The number of anilines is 2. The quantitative estimate of drug-likeness (QED) is 0.691. The molecule has 96 valence electrons. The van der Waals surface area contributed by atoms with Gasteiger partial charge in [-0.1, -0.05) is 22.9 Å². The Bertz CT molecular complexity index is 757. The fraction of sp³-hybridized carbons (Fsp3) is 0.0769. The second-order valence-corrected chi connectivity index (χ2v) is 6.42. The summed E-state index contributed by atoms with van der Waals surface area (Å²) in [7, 11) is 0. The first-order chi connectivity index (χ1) is 9.11. The molecule has 0 atom stereocenters. The molecule has 0 aliphatic carbocycles.